The predicted octanol–water partition coefficient (Wildman–Crippen LogP) is 1.37. The Morgan fingerprint density at radius 1 is 1.33 bits per heavy atom. The Morgan fingerprint density at radius 2 is 2.00 bits per heavy atom. The summed E-state index contributed by atoms with van der Waals surface area (Å²) in [4.78, 5) is 22.0. The summed E-state index contributed by atoms with van der Waals surface area (Å²) in [6.07, 6.45) is 3.44. The molecule has 2 atom stereocenters. The number of nitrogens with two attached hydrogens (primary N) is 1. The molecule has 0 fully saturated rings. The lowest BCUT2D eigenvalue weighted by atomic mass is 9.96. The average molecular weight is 258 g/mol. The van der Waals surface area contributed by atoms with Gasteiger partial charge in [-0.2, -0.15) is 0 Å². The molecular weight excluding hydrogens is 232 g/mol. The van der Waals surface area contributed by atoms with Gasteiger partial charge >= 0.3 is 5.97 Å². The van der Waals surface area contributed by atoms with Gasteiger partial charge in [-0.1, -0.05) is 20.3 Å². The summed E-state index contributed by atoms with van der Waals surface area (Å²) in [7, 11) is 0. The molecular formula is C13H26N2O3. The summed E-state index contributed by atoms with van der Waals surface area (Å²) in [5.41, 5.74) is 5.50. The first-order chi connectivity index (χ1) is 8.49. The van der Waals surface area contributed by atoms with Crippen LogP contribution in [-0.4, -0.2) is 30.1 Å². The van der Waals surface area contributed by atoms with Crippen molar-refractivity contribution < 1.29 is 14.7 Å². The van der Waals surface area contributed by atoms with Crippen LogP contribution in [0.15, 0.2) is 0 Å². The molecule has 4 N–H and O–H groups in total. The van der Waals surface area contributed by atoms with E-state index >= 15 is 0 Å². The molecule has 0 bridgehead atoms. The molecule has 0 aliphatic rings. The lowest BCUT2D eigenvalue weighted by Crippen LogP contribution is -2.29. The van der Waals surface area contributed by atoms with Crippen LogP contribution in [0, 0.1) is 11.8 Å². The minimum Gasteiger partial charge on any atom is -0.481 e. The fourth-order valence-electron chi connectivity index (χ4n) is 1.87. The summed E-state index contributed by atoms with van der Waals surface area (Å²) in [6.45, 7) is 5.01. The number of rotatable bonds is 10. The zero-order valence-corrected chi connectivity index (χ0v) is 11.4. The third-order valence-electron chi connectivity index (χ3n) is 3.10. The second-order valence-electron chi connectivity index (χ2n) is 4.90. The summed E-state index contributed by atoms with van der Waals surface area (Å²) >= 11 is 0. The highest BCUT2D eigenvalue weighted by molar-refractivity contribution is 5.76. The van der Waals surface area contributed by atoms with Crippen LogP contribution in [0.25, 0.3) is 0 Å². The number of carbonyl (C=O) groups excluding carboxylic acids is 1. The number of aliphatic carboxylic acids is 1. The van der Waals surface area contributed by atoms with Crippen molar-refractivity contribution in [3.8, 4) is 0 Å². The summed E-state index contributed by atoms with van der Waals surface area (Å²) in [6, 6.07) is 0. The SMILES string of the molecule is CCC(CCN)CCC(=O)NCC(C)CC(=O)O. The van der Waals surface area contributed by atoms with Gasteiger partial charge in [0, 0.05) is 19.4 Å². The molecule has 2 unspecified atom stereocenters. The molecule has 0 saturated heterocycles. The van der Waals surface area contributed by atoms with Crippen LogP contribution in [0.1, 0.15) is 46.0 Å². The fraction of sp³-hybridized carbons (Fsp3) is 0.846. The first-order valence-corrected chi connectivity index (χ1v) is 6.68. The molecule has 5 heteroatoms. The van der Waals surface area contributed by atoms with E-state index in [1.54, 1.807) is 0 Å². The van der Waals surface area contributed by atoms with Crippen molar-refractivity contribution in [3.05, 3.63) is 0 Å². The van der Waals surface area contributed by atoms with Gasteiger partial charge in [0.25, 0.3) is 0 Å². The van der Waals surface area contributed by atoms with E-state index < -0.39 is 5.97 Å². The number of hydrogen-bond acceptors (Lipinski definition) is 3. The number of carboxylic acid groups (broad SMARTS) is 1. The first-order valence-electron chi connectivity index (χ1n) is 6.68. The zero-order valence-electron chi connectivity index (χ0n) is 11.4. The molecule has 0 aromatic heterocycles. The number of amides is 1. The second kappa shape index (κ2) is 9.88. The maximum absolute atomic E-state index is 11.6. The monoisotopic (exact) mass is 258 g/mol. The van der Waals surface area contributed by atoms with E-state index in [-0.39, 0.29) is 18.2 Å². The van der Waals surface area contributed by atoms with Gasteiger partial charge in [0.15, 0.2) is 0 Å². The van der Waals surface area contributed by atoms with Gasteiger partial charge < -0.3 is 16.2 Å². The summed E-state index contributed by atoms with van der Waals surface area (Å²) < 4.78 is 0. The normalized spacial score (nSPS) is 13.9. The van der Waals surface area contributed by atoms with Crippen LogP contribution < -0.4 is 11.1 Å². The van der Waals surface area contributed by atoms with Crippen molar-refractivity contribution in [2.45, 2.75) is 46.0 Å². The Hall–Kier alpha value is -1.10. The van der Waals surface area contributed by atoms with Crippen LogP contribution in [-0.2, 0) is 9.59 Å². The predicted molar refractivity (Wildman–Crippen MR) is 71.1 cm³/mol. The molecule has 0 aliphatic carbocycles. The van der Waals surface area contributed by atoms with Gasteiger partial charge in [0.2, 0.25) is 5.91 Å². The Balaban J connectivity index is 3.73. The smallest absolute Gasteiger partial charge is 0.303 e. The van der Waals surface area contributed by atoms with Crippen molar-refractivity contribution in [1.29, 1.82) is 0 Å². The molecule has 0 aromatic rings. The molecule has 106 valence electrons. The molecule has 0 aliphatic heterocycles. The van der Waals surface area contributed by atoms with Gasteiger partial charge in [-0.3, -0.25) is 9.59 Å². The zero-order chi connectivity index (χ0) is 14.0. The van der Waals surface area contributed by atoms with Crippen LogP contribution in [0.4, 0.5) is 0 Å². The van der Waals surface area contributed by atoms with Crippen molar-refractivity contribution >= 4 is 11.9 Å². The number of nitrogens with one attached hydrogen (secondary N) is 1. The van der Waals surface area contributed by atoms with Crippen molar-refractivity contribution in [2.24, 2.45) is 17.6 Å². The number of carbonyl (C=O) groups is 2. The van der Waals surface area contributed by atoms with E-state index in [0.29, 0.717) is 25.4 Å². The Bertz CT molecular complexity index is 257. The molecule has 0 radical (unpaired) electrons. The van der Waals surface area contributed by atoms with Gasteiger partial charge in [-0.05, 0) is 31.2 Å². The quantitative estimate of drug-likeness (QED) is 0.552. The Morgan fingerprint density at radius 3 is 2.50 bits per heavy atom. The van der Waals surface area contributed by atoms with Gasteiger partial charge in [-0.25, -0.2) is 0 Å². The minimum absolute atomic E-state index is 0.00251. The van der Waals surface area contributed by atoms with Gasteiger partial charge in [-0.15, -0.1) is 0 Å². The maximum Gasteiger partial charge on any atom is 0.303 e. The molecule has 0 rings (SSSR count). The molecule has 18 heavy (non-hydrogen) atoms. The van der Waals surface area contributed by atoms with Crippen LogP contribution in [0.2, 0.25) is 0 Å². The Kier molecular flexibility index (Phi) is 9.28. The number of carboxylic acids is 1. The van der Waals surface area contributed by atoms with Gasteiger partial charge in [0.1, 0.15) is 0 Å². The van der Waals surface area contributed by atoms with Crippen LogP contribution in [0.5, 0.6) is 0 Å². The molecule has 0 saturated carbocycles. The first kappa shape index (κ1) is 16.9. The maximum atomic E-state index is 11.6. The van der Waals surface area contributed by atoms with Crippen molar-refractivity contribution in [2.75, 3.05) is 13.1 Å². The lowest BCUT2D eigenvalue weighted by molar-refractivity contribution is -0.138. The number of hydrogen-bond donors (Lipinski definition) is 3. The van der Waals surface area contributed by atoms with Crippen LogP contribution in [0.3, 0.4) is 0 Å². The molecule has 0 spiro atoms. The molecule has 5 nitrogen and oxygen atoms in total. The fourth-order valence-corrected chi connectivity index (χ4v) is 1.87. The third kappa shape index (κ3) is 8.98. The van der Waals surface area contributed by atoms with Crippen LogP contribution >= 0.6 is 0 Å². The van der Waals surface area contributed by atoms with E-state index in [0.717, 1.165) is 19.3 Å². The van der Waals surface area contributed by atoms with E-state index in [4.69, 9.17) is 10.8 Å². The summed E-state index contributed by atoms with van der Waals surface area (Å²) in [5.74, 6) is -0.344. The average Bonchev–Trinajstić information content (AvgIpc) is 2.31. The van der Waals surface area contributed by atoms with Gasteiger partial charge in [0.05, 0.1) is 0 Å². The van der Waals surface area contributed by atoms with E-state index in [1.165, 1.54) is 0 Å². The second-order valence-corrected chi connectivity index (χ2v) is 4.90. The molecule has 0 heterocycles. The van der Waals surface area contributed by atoms with Crippen molar-refractivity contribution in [1.82, 2.24) is 5.32 Å². The molecule has 0 aromatic carbocycles. The van der Waals surface area contributed by atoms with E-state index in [1.807, 2.05) is 6.92 Å². The summed E-state index contributed by atoms with van der Waals surface area (Å²) in [5, 5.41) is 11.4. The van der Waals surface area contributed by atoms with E-state index in [9.17, 15) is 9.59 Å². The largest absolute Gasteiger partial charge is 0.481 e. The lowest BCUT2D eigenvalue weighted by Gasteiger charge is -2.14. The minimum atomic E-state index is -0.828. The van der Waals surface area contributed by atoms with E-state index in [2.05, 4.69) is 12.2 Å². The highest BCUT2D eigenvalue weighted by Crippen LogP contribution is 2.14. The highest BCUT2D eigenvalue weighted by atomic mass is 16.4. The Labute approximate surface area is 109 Å². The standard InChI is InChI=1S/C13H26N2O3/c1-3-11(6-7-14)4-5-12(16)15-9-10(2)8-13(17)18/h10-11H,3-9,14H2,1-2H3,(H,15,16)(H,17,18). The molecule has 1 amide bonds. The third-order valence-corrected chi connectivity index (χ3v) is 3.10. The van der Waals surface area contributed by atoms with Crippen molar-refractivity contribution in [3.63, 3.8) is 0 Å². The highest BCUT2D eigenvalue weighted by Gasteiger charge is 2.11. The topological polar surface area (TPSA) is 92.4 Å².